The molecule has 1 N–H and O–H groups in total. The molecule has 1 aliphatic heterocycles. The molecule has 1 saturated heterocycles. The van der Waals surface area contributed by atoms with E-state index in [1.54, 1.807) is 14.2 Å². The highest BCUT2D eigenvalue weighted by Gasteiger charge is 2.34. The van der Waals surface area contributed by atoms with Gasteiger partial charge in [-0.25, -0.2) is 4.79 Å². The quantitative estimate of drug-likeness (QED) is 0.0362. The van der Waals surface area contributed by atoms with Gasteiger partial charge in [0.2, 0.25) is 5.91 Å². The number of unbranched alkanes of at least 4 members (excludes halogenated alkanes) is 17. The standard InChI is InChI=1S/C54H96N2O8/c1-5-7-9-11-13-15-17-19-21-23-25-27-29-31-33-35-42-64-54(59)50(55-53(58)38-34-32-30-28-26-24-22-20-18-16-14-12-10-8-6-2)40-39-49(57)37-36-41-56-47-51(62-45-43-60-3)52(48-56)63-46-44-61-4/h13-16,19-22,50-52H,5-12,17-18,23-48H2,1-4H3,(H,55,58)/b15-13-,16-14-,21-19-,22-20-/t50?,51-,52+. The van der Waals surface area contributed by atoms with Crippen molar-refractivity contribution in [3.8, 4) is 0 Å². The summed E-state index contributed by atoms with van der Waals surface area (Å²) in [6.07, 6.45) is 46.2. The van der Waals surface area contributed by atoms with Crippen molar-refractivity contribution in [2.45, 2.75) is 212 Å². The summed E-state index contributed by atoms with van der Waals surface area (Å²) in [5, 5.41) is 2.94. The SMILES string of the molecule is CCCCC/C=C\C/C=C\CCCCCCCCOC(=O)C(CCC(=O)CCCN1C[C@H](OCCOC)[C@H](OCCOC)C1)NC(=O)CCCCCCC/C=C\C/C=C\CCCCC. The Labute approximate surface area is 392 Å². The van der Waals surface area contributed by atoms with Crippen LogP contribution in [0.1, 0.15) is 194 Å². The third kappa shape index (κ3) is 36.6. The molecule has 0 bridgehead atoms. The molecule has 0 aromatic carbocycles. The Hall–Kier alpha value is -2.63. The van der Waals surface area contributed by atoms with Gasteiger partial charge in [-0.1, -0.05) is 133 Å². The van der Waals surface area contributed by atoms with Crippen LogP contribution in [0.25, 0.3) is 0 Å². The summed E-state index contributed by atoms with van der Waals surface area (Å²) < 4.78 is 28.1. The van der Waals surface area contributed by atoms with E-state index < -0.39 is 12.0 Å². The van der Waals surface area contributed by atoms with Gasteiger partial charge >= 0.3 is 5.97 Å². The van der Waals surface area contributed by atoms with Crippen molar-refractivity contribution in [3.05, 3.63) is 48.6 Å². The number of hydrogen-bond donors (Lipinski definition) is 1. The van der Waals surface area contributed by atoms with E-state index in [9.17, 15) is 14.4 Å². The molecular weight excluding hydrogens is 805 g/mol. The minimum Gasteiger partial charge on any atom is -0.464 e. The number of ether oxygens (including phenoxy) is 5. The number of allylic oxidation sites excluding steroid dienone is 8. The fourth-order valence-electron chi connectivity index (χ4n) is 7.79. The van der Waals surface area contributed by atoms with Crippen LogP contribution in [0.3, 0.4) is 0 Å². The second-order valence-electron chi connectivity index (χ2n) is 17.6. The fourth-order valence-corrected chi connectivity index (χ4v) is 7.79. The molecule has 1 fully saturated rings. The zero-order chi connectivity index (χ0) is 46.4. The number of Topliss-reactive ketones (excluding diaryl/α,β-unsaturated/α-hetero) is 1. The van der Waals surface area contributed by atoms with Crippen LogP contribution in [-0.2, 0) is 38.1 Å². The number of ketones is 1. The lowest BCUT2D eigenvalue weighted by molar-refractivity contribution is -0.148. The van der Waals surface area contributed by atoms with E-state index in [-0.39, 0.29) is 36.7 Å². The van der Waals surface area contributed by atoms with E-state index in [4.69, 9.17) is 23.7 Å². The van der Waals surface area contributed by atoms with E-state index >= 15 is 0 Å². The predicted octanol–water partition coefficient (Wildman–Crippen LogP) is 12.1. The Morgan fingerprint density at radius 1 is 0.531 bits per heavy atom. The zero-order valence-corrected chi connectivity index (χ0v) is 41.5. The molecule has 1 unspecified atom stereocenters. The fraction of sp³-hybridized carbons (Fsp3) is 0.796. The van der Waals surface area contributed by atoms with Gasteiger partial charge < -0.3 is 29.0 Å². The van der Waals surface area contributed by atoms with Gasteiger partial charge in [-0.15, -0.1) is 0 Å². The molecule has 0 aromatic heterocycles. The molecule has 0 spiro atoms. The summed E-state index contributed by atoms with van der Waals surface area (Å²) in [7, 11) is 3.32. The van der Waals surface area contributed by atoms with Crippen molar-refractivity contribution in [2.75, 3.05) is 66.9 Å². The summed E-state index contributed by atoms with van der Waals surface area (Å²) in [5.74, 6) is -0.488. The maximum atomic E-state index is 13.3. The highest BCUT2D eigenvalue weighted by atomic mass is 16.6. The number of amides is 1. The molecule has 10 heteroatoms. The van der Waals surface area contributed by atoms with Crippen molar-refractivity contribution in [1.82, 2.24) is 10.2 Å². The average Bonchev–Trinajstić information content (AvgIpc) is 3.68. The molecule has 0 aromatic rings. The van der Waals surface area contributed by atoms with Crippen LogP contribution in [0.15, 0.2) is 48.6 Å². The van der Waals surface area contributed by atoms with Crippen LogP contribution in [0.2, 0.25) is 0 Å². The highest BCUT2D eigenvalue weighted by molar-refractivity contribution is 5.85. The number of methoxy groups -OCH3 is 2. The largest absolute Gasteiger partial charge is 0.464 e. The number of carbonyl (C=O) groups is 3. The van der Waals surface area contributed by atoms with Crippen molar-refractivity contribution >= 4 is 17.7 Å². The van der Waals surface area contributed by atoms with Gasteiger partial charge in [0.05, 0.1) is 45.2 Å². The molecule has 0 saturated carbocycles. The Morgan fingerprint density at radius 2 is 1.00 bits per heavy atom. The lowest BCUT2D eigenvalue weighted by Gasteiger charge is -2.19. The van der Waals surface area contributed by atoms with Crippen molar-refractivity contribution in [2.24, 2.45) is 0 Å². The first-order chi connectivity index (χ1) is 31.4. The lowest BCUT2D eigenvalue weighted by atomic mass is 10.0. The van der Waals surface area contributed by atoms with E-state index in [0.717, 1.165) is 96.7 Å². The first-order valence-corrected chi connectivity index (χ1v) is 26.0. The molecule has 1 amide bonds. The smallest absolute Gasteiger partial charge is 0.328 e. The van der Waals surface area contributed by atoms with E-state index in [1.807, 2.05) is 0 Å². The van der Waals surface area contributed by atoms with Crippen LogP contribution in [0.5, 0.6) is 0 Å². The monoisotopic (exact) mass is 901 g/mol. The third-order valence-corrected chi connectivity index (χ3v) is 11.7. The number of nitrogens with one attached hydrogen (secondary N) is 1. The van der Waals surface area contributed by atoms with Gasteiger partial charge in [0.1, 0.15) is 11.8 Å². The Balaban J connectivity index is 2.47. The van der Waals surface area contributed by atoms with Gasteiger partial charge in [-0.05, 0) is 96.4 Å². The van der Waals surface area contributed by atoms with Crippen molar-refractivity contribution in [3.63, 3.8) is 0 Å². The second kappa shape index (κ2) is 45.5. The van der Waals surface area contributed by atoms with Crippen LogP contribution >= 0.6 is 0 Å². The van der Waals surface area contributed by atoms with Gasteiger partial charge in [0, 0.05) is 46.6 Å². The van der Waals surface area contributed by atoms with Crippen molar-refractivity contribution < 1.29 is 38.1 Å². The molecule has 1 rings (SSSR count). The normalized spacial score (nSPS) is 16.3. The Kier molecular flexibility index (Phi) is 42.2. The maximum Gasteiger partial charge on any atom is 0.328 e. The van der Waals surface area contributed by atoms with Crippen LogP contribution < -0.4 is 5.32 Å². The minimum atomic E-state index is -0.812. The number of nitrogens with zero attached hydrogens (tertiary/aromatic N) is 1. The van der Waals surface area contributed by atoms with E-state index in [0.29, 0.717) is 52.3 Å². The average molecular weight is 901 g/mol. The molecular formula is C54H96N2O8. The zero-order valence-electron chi connectivity index (χ0n) is 41.5. The third-order valence-electron chi connectivity index (χ3n) is 11.7. The topological polar surface area (TPSA) is 113 Å². The molecule has 1 aliphatic rings. The molecule has 1 heterocycles. The maximum absolute atomic E-state index is 13.3. The number of hydrogen-bond acceptors (Lipinski definition) is 9. The Bertz CT molecular complexity index is 1200. The second-order valence-corrected chi connectivity index (χ2v) is 17.6. The summed E-state index contributed by atoms with van der Waals surface area (Å²) in [5.41, 5.74) is 0. The van der Waals surface area contributed by atoms with Crippen LogP contribution in [0.4, 0.5) is 0 Å². The van der Waals surface area contributed by atoms with E-state index in [1.165, 1.54) is 70.6 Å². The molecule has 0 radical (unpaired) electrons. The highest BCUT2D eigenvalue weighted by Crippen LogP contribution is 2.19. The van der Waals surface area contributed by atoms with Gasteiger partial charge in [-0.3, -0.25) is 14.5 Å². The molecule has 64 heavy (non-hydrogen) atoms. The van der Waals surface area contributed by atoms with Crippen LogP contribution in [-0.4, -0.2) is 108 Å². The predicted molar refractivity (Wildman–Crippen MR) is 265 cm³/mol. The first-order valence-electron chi connectivity index (χ1n) is 26.0. The number of rotatable bonds is 46. The summed E-state index contributed by atoms with van der Waals surface area (Å²) in [6.45, 7) is 9.09. The molecule has 370 valence electrons. The molecule has 0 aliphatic carbocycles. The van der Waals surface area contributed by atoms with Crippen LogP contribution in [0, 0.1) is 0 Å². The summed E-state index contributed by atoms with van der Waals surface area (Å²) in [6, 6.07) is -0.812. The molecule has 10 nitrogen and oxygen atoms in total. The Morgan fingerprint density at radius 3 is 1.50 bits per heavy atom. The first kappa shape index (κ1) is 59.4. The van der Waals surface area contributed by atoms with Gasteiger partial charge in [-0.2, -0.15) is 0 Å². The van der Waals surface area contributed by atoms with E-state index in [2.05, 4.69) is 72.7 Å². The minimum absolute atomic E-state index is 0.0574. The lowest BCUT2D eigenvalue weighted by Crippen LogP contribution is -2.42. The summed E-state index contributed by atoms with van der Waals surface area (Å²) >= 11 is 0. The molecule has 3 atom stereocenters. The number of esters is 1. The summed E-state index contributed by atoms with van der Waals surface area (Å²) in [4.78, 5) is 41.7. The van der Waals surface area contributed by atoms with Gasteiger partial charge in [0.25, 0.3) is 0 Å². The van der Waals surface area contributed by atoms with Gasteiger partial charge in [0.15, 0.2) is 0 Å². The van der Waals surface area contributed by atoms with Crippen molar-refractivity contribution in [1.29, 1.82) is 0 Å². The number of likely N-dealkylation sites (tertiary alicyclic amines) is 1. The number of carbonyl (C=O) groups excluding carboxylic acids is 3.